The number of alkyl halides is 3. The first kappa shape index (κ1) is 23.5. The number of aromatic nitrogens is 2. The Morgan fingerprint density at radius 2 is 2.00 bits per heavy atom. The summed E-state index contributed by atoms with van der Waals surface area (Å²) in [6.07, 6.45) is -3.26. The third-order valence-corrected chi connectivity index (χ3v) is 5.91. The number of amides is 1. The molecule has 1 aliphatic rings. The Balaban J connectivity index is 1.40. The molecule has 0 saturated carbocycles. The van der Waals surface area contributed by atoms with Crippen LogP contribution in [0.4, 0.5) is 18.9 Å². The summed E-state index contributed by atoms with van der Waals surface area (Å²) in [6, 6.07) is 9.89. The van der Waals surface area contributed by atoms with Crippen LogP contribution in [0, 0.1) is 5.92 Å². The lowest BCUT2D eigenvalue weighted by Gasteiger charge is -2.31. The molecule has 0 aliphatic carbocycles. The van der Waals surface area contributed by atoms with Crippen LogP contribution in [-0.2, 0) is 17.5 Å². The lowest BCUT2D eigenvalue weighted by atomic mass is 9.97. The number of hydrogen-bond acceptors (Lipinski definition) is 5. The van der Waals surface area contributed by atoms with Gasteiger partial charge in [0.1, 0.15) is 0 Å². The van der Waals surface area contributed by atoms with Crippen molar-refractivity contribution in [2.24, 2.45) is 5.92 Å². The highest BCUT2D eigenvalue weighted by molar-refractivity contribution is 6.36. The number of anilines is 1. The molecule has 1 aliphatic heterocycles. The van der Waals surface area contributed by atoms with Crippen LogP contribution in [-0.4, -0.2) is 34.0 Å². The number of piperidine rings is 1. The number of carbonyl (C=O) groups is 1. The maximum absolute atomic E-state index is 13.2. The molecule has 0 spiro atoms. The second-order valence-electron chi connectivity index (χ2n) is 7.74. The molecule has 11 heteroatoms. The molecule has 1 aromatic heterocycles. The molecule has 2 heterocycles. The second kappa shape index (κ2) is 9.70. The van der Waals surface area contributed by atoms with E-state index in [9.17, 15) is 18.0 Å². The molecule has 0 radical (unpaired) electrons. The summed E-state index contributed by atoms with van der Waals surface area (Å²) in [4.78, 5) is 19.0. The van der Waals surface area contributed by atoms with Crippen molar-refractivity contribution >= 4 is 34.8 Å². The van der Waals surface area contributed by atoms with Crippen LogP contribution in [0.1, 0.15) is 24.3 Å². The molecule has 1 unspecified atom stereocenters. The van der Waals surface area contributed by atoms with Crippen LogP contribution in [0.3, 0.4) is 0 Å². The monoisotopic (exact) mass is 498 g/mol. The van der Waals surface area contributed by atoms with E-state index in [0.29, 0.717) is 59.8 Å². The number of carbonyl (C=O) groups excluding carboxylic acids is 1. The lowest BCUT2D eigenvalue weighted by molar-refractivity contribution is -0.137. The molecular formula is C22H19Cl2F3N4O2. The van der Waals surface area contributed by atoms with Gasteiger partial charge in [0.2, 0.25) is 17.6 Å². The highest BCUT2D eigenvalue weighted by Crippen LogP contribution is 2.35. The first-order valence-corrected chi connectivity index (χ1v) is 10.9. The van der Waals surface area contributed by atoms with Gasteiger partial charge in [0.25, 0.3) is 0 Å². The summed E-state index contributed by atoms with van der Waals surface area (Å²) in [5.74, 6) is -0.245. The molecule has 1 N–H and O–H groups in total. The number of rotatable bonds is 5. The van der Waals surface area contributed by atoms with Gasteiger partial charge in [-0.2, -0.15) is 18.2 Å². The molecule has 33 heavy (non-hydrogen) atoms. The second-order valence-corrected chi connectivity index (χ2v) is 8.59. The number of nitrogens with zero attached hydrogens (tertiary/aromatic N) is 3. The smallest absolute Gasteiger partial charge is 0.338 e. The van der Waals surface area contributed by atoms with E-state index in [0.717, 1.165) is 6.07 Å². The Morgan fingerprint density at radius 3 is 2.76 bits per heavy atom. The fourth-order valence-electron chi connectivity index (χ4n) is 3.78. The van der Waals surface area contributed by atoms with Gasteiger partial charge in [0.05, 0.1) is 28.7 Å². The Kier molecular flexibility index (Phi) is 6.92. The molecule has 1 amide bonds. The molecule has 2 aromatic carbocycles. The quantitative estimate of drug-likeness (QED) is 0.473. The van der Waals surface area contributed by atoms with E-state index in [4.69, 9.17) is 27.7 Å². The molecule has 1 atom stereocenters. The zero-order valence-corrected chi connectivity index (χ0v) is 18.7. The fraction of sp³-hybridized carbons (Fsp3) is 0.318. The summed E-state index contributed by atoms with van der Waals surface area (Å²) in [5.41, 5.74) is -0.533. The summed E-state index contributed by atoms with van der Waals surface area (Å²) in [7, 11) is 0. The molecule has 4 rings (SSSR count). The summed E-state index contributed by atoms with van der Waals surface area (Å²) in [5, 5.41) is 7.29. The van der Waals surface area contributed by atoms with Crippen molar-refractivity contribution in [2.45, 2.75) is 25.6 Å². The van der Waals surface area contributed by atoms with Crippen molar-refractivity contribution in [2.75, 3.05) is 18.4 Å². The summed E-state index contributed by atoms with van der Waals surface area (Å²) >= 11 is 12.1. The average molecular weight is 499 g/mol. The third kappa shape index (κ3) is 5.66. The molecule has 1 saturated heterocycles. The van der Waals surface area contributed by atoms with Crippen molar-refractivity contribution in [1.82, 2.24) is 15.0 Å². The Hall–Kier alpha value is -2.62. The van der Waals surface area contributed by atoms with E-state index in [1.165, 1.54) is 18.2 Å². The maximum Gasteiger partial charge on any atom is 0.418 e. The normalized spacial score (nSPS) is 17.2. The van der Waals surface area contributed by atoms with Crippen LogP contribution in [0.5, 0.6) is 0 Å². The van der Waals surface area contributed by atoms with Crippen molar-refractivity contribution in [3.63, 3.8) is 0 Å². The van der Waals surface area contributed by atoms with E-state index in [1.54, 1.807) is 18.2 Å². The molecule has 174 valence electrons. The van der Waals surface area contributed by atoms with Crippen LogP contribution in [0.15, 0.2) is 47.0 Å². The minimum atomic E-state index is -4.55. The van der Waals surface area contributed by atoms with Gasteiger partial charge in [-0.15, -0.1) is 0 Å². The van der Waals surface area contributed by atoms with Gasteiger partial charge in [-0.3, -0.25) is 9.69 Å². The van der Waals surface area contributed by atoms with Crippen molar-refractivity contribution in [1.29, 1.82) is 0 Å². The fourth-order valence-corrected chi connectivity index (χ4v) is 4.27. The third-order valence-electron chi connectivity index (χ3n) is 5.37. The molecule has 6 nitrogen and oxygen atoms in total. The lowest BCUT2D eigenvalue weighted by Crippen LogP contribution is -2.40. The SMILES string of the molecule is O=C(Nc1ccccc1C(F)(F)F)C1CCCN(Cc2nc(-c3ccc(Cl)cc3Cl)no2)C1. The van der Waals surface area contributed by atoms with Gasteiger partial charge in [-0.1, -0.05) is 40.5 Å². The van der Waals surface area contributed by atoms with E-state index < -0.39 is 23.6 Å². The minimum Gasteiger partial charge on any atom is -0.338 e. The van der Waals surface area contributed by atoms with Gasteiger partial charge in [0, 0.05) is 17.1 Å². The first-order chi connectivity index (χ1) is 15.7. The molecule has 1 fully saturated rings. The van der Waals surface area contributed by atoms with Crippen LogP contribution in [0.25, 0.3) is 11.4 Å². The van der Waals surface area contributed by atoms with Gasteiger partial charge in [-0.25, -0.2) is 0 Å². The van der Waals surface area contributed by atoms with Gasteiger partial charge in [0.15, 0.2) is 0 Å². The number of benzene rings is 2. The number of nitrogens with one attached hydrogen (secondary N) is 1. The van der Waals surface area contributed by atoms with E-state index in [-0.39, 0.29) is 5.69 Å². The number of halogens is 5. The van der Waals surface area contributed by atoms with Crippen molar-refractivity contribution in [3.05, 3.63) is 64.0 Å². The van der Waals surface area contributed by atoms with Crippen LogP contribution >= 0.6 is 23.2 Å². The van der Waals surface area contributed by atoms with Gasteiger partial charge >= 0.3 is 6.18 Å². The van der Waals surface area contributed by atoms with Crippen molar-refractivity contribution < 1.29 is 22.5 Å². The van der Waals surface area contributed by atoms with E-state index >= 15 is 0 Å². The number of hydrogen-bond donors (Lipinski definition) is 1. The molecular weight excluding hydrogens is 480 g/mol. The Labute approximate surface area is 197 Å². The molecule has 0 bridgehead atoms. The topological polar surface area (TPSA) is 71.3 Å². The predicted molar refractivity (Wildman–Crippen MR) is 118 cm³/mol. The standard InChI is InChI=1S/C22H19Cl2F3N4O2/c23-14-7-8-15(17(24)10-14)20-29-19(33-30-20)12-31-9-3-4-13(11-31)21(32)28-18-6-2-1-5-16(18)22(25,26)27/h1-2,5-8,10,13H,3-4,9,11-12H2,(H,28,32). The Bertz CT molecular complexity index is 1150. The Morgan fingerprint density at radius 1 is 1.21 bits per heavy atom. The van der Waals surface area contributed by atoms with Crippen LogP contribution < -0.4 is 5.32 Å². The number of likely N-dealkylation sites (tertiary alicyclic amines) is 1. The van der Waals surface area contributed by atoms with Gasteiger partial charge < -0.3 is 9.84 Å². The maximum atomic E-state index is 13.2. The number of para-hydroxylation sites is 1. The first-order valence-electron chi connectivity index (χ1n) is 10.2. The molecule has 3 aromatic rings. The minimum absolute atomic E-state index is 0.242. The van der Waals surface area contributed by atoms with Crippen LogP contribution in [0.2, 0.25) is 10.0 Å². The average Bonchev–Trinajstić information content (AvgIpc) is 3.21. The highest BCUT2D eigenvalue weighted by Gasteiger charge is 2.34. The zero-order valence-electron chi connectivity index (χ0n) is 17.2. The van der Waals surface area contributed by atoms with E-state index in [2.05, 4.69) is 15.5 Å². The largest absolute Gasteiger partial charge is 0.418 e. The zero-order chi connectivity index (χ0) is 23.6. The summed E-state index contributed by atoms with van der Waals surface area (Å²) < 4.78 is 45.0. The predicted octanol–water partition coefficient (Wildman–Crippen LogP) is 5.91. The summed E-state index contributed by atoms with van der Waals surface area (Å²) in [6.45, 7) is 1.36. The highest BCUT2D eigenvalue weighted by atomic mass is 35.5. The van der Waals surface area contributed by atoms with E-state index in [1.807, 2.05) is 4.90 Å². The van der Waals surface area contributed by atoms with Gasteiger partial charge in [-0.05, 0) is 49.7 Å². The van der Waals surface area contributed by atoms with Crippen molar-refractivity contribution in [3.8, 4) is 11.4 Å².